The van der Waals surface area contributed by atoms with Crippen LogP contribution in [0.5, 0.6) is 0 Å². The fourth-order valence-electron chi connectivity index (χ4n) is 3.25. The summed E-state index contributed by atoms with van der Waals surface area (Å²) in [4.78, 5) is 14.5. The molecule has 2 aromatic rings. The highest BCUT2D eigenvalue weighted by Gasteiger charge is 2.35. The Morgan fingerprint density at radius 3 is 2.91 bits per heavy atom. The van der Waals surface area contributed by atoms with Crippen LogP contribution in [0, 0.1) is 18.3 Å². The highest BCUT2D eigenvalue weighted by atomic mass is 16.5. The van der Waals surface area contributed by atoms with Crippen molar-refractivity contribution >= 4 is 5.91 Å². The first kappa shape index (κ1) is 15.3. The molecule has 2 atom stereocenters. The fourth-order valence-corrected chi connectivity index (χ4v) is 3.25. The first-order valence-electron chi connectivity index (χ1n) is 7.85. The number of carbonyl (C=O) groups excluding carboxylic acids is 1. The summed E-state index contributed by atoms with van der Waals surface area (Å²) in [5.74, 6) is 0.420. The standard InChI is InChI=1S/C18H19N3O2/c1-13-10-15(20-23-13)11-18(22)21-9-5-8-17(21)16(12-19)14-6-3-2-4-7-14/h2-4,6-7,10,16-17H,5,8-9,11H2,1H3/t16-,17-/m1/s1. The van der Waals surface area contributed by atoms with Crippen LogP contribution in [0.3, 0.4) is 0 Å². The van der Waals surface area contributed by atoms with Gasteiger partial charge in [0.1, 0.15) is 5.76 Å². The molecule has 0 unspecified atom stereocenters. The van der Waals surface area contributed by atoms with Crippen molar-refractivity contribution in [1.29, 1.82) is 5.26 Å². The number of nitrogens with zero attached hydrogens (tertiary/aromatic N) is 3. The molecular formula is C18H19N3O2. The lowest BCUT2D eigenvalue weighted by Crippen LogP contribution is -2.39. The highest BCUT2D eigenvalue weighted by molar-refractivity contribution is 5.79. The van der Waals surface area contributed by atoms with E-state index in [-0.39, 0.29) is 24.3 Å². The second kappa shape index (κ2) is 6.66. The van der Waals surface area contributed by atoms with Gasteiger partial charge in [-0.15, -0.1) is 0 Å². The zero-order valence-electron chi connectivity index (χ0n) is 13.1. The number of hydrogen-bond acceptors (Lipinski definition) is 4. The number of amides is 1. The van der Waals surface area contributed by atoms with E-state index in [0.29, 0.717) is 18.0 Å². The van der Waals surface area contributed by atoms with Gasteiger partial charge in [-0.25, -0.2) is 0 Å². The lowest BCUT2D eigenvalue weighted by Gasteiger charge is -2.28. The van der Waals surface area contributed by atoms with Gasteiger partial charge >= 0.3 is 0 Å². The molecule has 0 spiro atoms. The molecular weight excluding hydrogens is 290 g/mol. The molecule has 1 fully saturated rings. The van der Waals surface area contributed by atoms with Gasteiger partial charge in [-0.3, -0.25) is 4.79 Å². The van der Waals surface area contributed by atoms with Crippen molar-refractivity contribution in [3.05, 3.63) is 53.4 Å². The largest absolute Gasteiger partial charge is 0.361 e. The zero-order valence-corrected chi connectivity index (χ0v) is 13.1. The van der Waals surface area contributed by atoms with Crippen LogP contribution in [-0.2, 0) is 11.2 Å². The van der Waals surface area contributed by atoms with Gasteiger partial charge in [0, 0.05) is 12.6 Å². The third-order valence-corrected chi connectivity index (χ3v) is 4.31. The Balaban J connectivity index is 1.76. The van der Waals surface area contributed by atoms with Gasteiger partial charge in [0.25, 0.3) is 0 Å². The monoisotopic (exact) mass is 309 g/mol. The maximum atomic E-state index is 12.6. The Hall–Kier alpha value is -2.61. The van der Waals surface area contributed by atoms with E-state index in [4.69, 9.17) is 4.52 Å². The van der Waals surface area contributed by atoms with Crippen molar-refractivity contribution < 1.29 is 9.32 Å². The van der Waals surface area contributed by atoms with E-state index in [9.17, 15) is 10.1 Å². The molecule has 0 N–H and O–H groups in total. The molecule has 3 rings (SSSR count). The summed E-state index contributed by atoms with van der Waals surface area (Å²) in [5.41, 5.74) is 1.61. The molecule has 1 aromatic carbocycles. The van der Waals surface area contributed by atoms with Crippen LogP contribution in [0.1, 0.15) is 35.8 Å². The molecule has 5 nitrogen and oxygen atoms in total. The molecule has 5 heteroatoms. The van der Waals surface area contributed by atoms with Crippen LogP contribution in [0.2, 0.25) is 0 Å². The first-order valence-corrected chi connectivity index (χ1v) is 7.85. The molecule has 1 saturated heterocycles. The molecule has 0 bridgehead atoms. The predicted octanol–water partition coefficient (Wildman–Crippen LogP) is 2.82. The molecule has 1 aliphatic rings. The Kier molecular flexibility index (Phi) is 4.42. The lowest BCUT2D eigenvalue weighted by molar-refractivity contribution is -0.131. The van der Waals surface area contributed by atoms with E-state index in [1.54, 1.807) is 13.0 Å². The SMILES string of the molecule is Cc1cc(CC(=O)N2CCC[C@@H]2[C@H](C#N)c2ccccc2)no1. The Morgan fingerprint density at radius 2 is 2.26 bits per heavy atom. The molecule has 118 valence electrons. The molecule has 0 radical (unpaired) electrons. The third kappa shape index (κ3) is 3.26. The van der Waals surface area contributed by atoms with Gasteiger partial charge in [-0.1, -0.05) is 35.5 Å². The molecule has 23 heavy (non-hydrogen) atoms. The Bertz CT molecular complexity index is 717. The summed E-state index contributed by atoms with van der Waals surface area (Å²) < 4.78 is 5.02. The minimum absolute atomic E-state index is 0.0111. The second-order valence-corrected chi connectivity index (χ2v) is 5.92. The molecule has 1 amide bonds. The van der Waals surface area contributed by atoms with Crippen molar-refractivity contribution in [3.8, 4) is 6.07 Å². The normalized spacial score (nSPS) is 18.6. The topological polar surface area (TPSA) is 70.1 Å². The number of rotatable bonds is 4. The van der Waals surface area contributed by atoms with Gasteiger partial charge < -0.3 is 9.42 Å². The summed E-state index contributed by atoms with van der Waals surface area (Å²) in [6.07, 6.45) is 2.01. The van der Waals surface area contributed by atoms with E-state index < -0.39 is 0 Å². The minimum atomic E-state index is -0.290. The summed E-state index contributed by atoms with van der Waals surface area (Å²) in [7, 11) is 0. The number of aromatic nitrogens is 1. The predicted molar refractivity (Wildman–Crippen MR) is 84.5 cm³/mol. The Morgan fingerprint density at radius 1 is 1.48 bits per heavy atom. The van der Waals surface area contributed by atoms with Crippen LogP contribution in [0.4, 0.5) is 0 Å². The van der Waals surface area contributed by atoms with Crippen molar-refractivity contribution in [2.24, 2.45) is 0 Å². The van der Waals surface area contributed by atoms with Crippen LogP contribution >= 0.6 is 0 Å². The summed E-state index contributed by atoms with van der Waals surface area (Å²) in [6.45, 7) is 2.51. The summed E-state index contributed by atoms with van der Waals surface area (Å²) in [6, 6.07) is 13.8. The number of aryl methyl sites for hydroxylation is 1. The number of nitriles is 1. The second-order valence-electron chi connectivity index (χ2n) is 5.92. The molecule has 0 saturated carbocycles. The number of benzene rings is 1. The molecule has 1 aliphatic heterocycles. The smallest absolute Gasteiger partial charge is 0.229 e. The number of carbonyl (C=O) groups is 1. The average molecular weight is 309 g/mol. The fraction of sp³-hybridized carbons (Fsp3) is 0.389. The third-order valence-electron chi connectivity index (χ3n) is 4.31. The average Bonchev–Trinajstić information content (AvgIpc) is 3.19. The van der Waals surface area contributed by atoms with E-state index in [0.717, 1.165) is 18.4 Å². The molecule has 0 aliphatic carbocycles. The van der Waals surface area contributed by atoms with Gasteiger partial charge in [-0.2, -0.15) is 5.26 Å². The summed E-state index contributed by atoms with van der Waals surface area (Å²) >= 11 is 0. The Labute approximate surface area is 135 Å². The van der Waals surface area contributed by atoms with E-state index in [2.05, 4.69) is 11.2 Å². The van der Waals surface area contributed by atoms with E-state index in [1.807, 2.05) is 35.2 Å². The van der Waals surface area contributed by atoms with E-state index in [1.165, 1.54) is 0 Å². The number of hydrogen-bond donors (Lipinski definition) is 0. The van der Waals surface area contributed by atoms with Crippen LogP contribution in [0.15, 0.2) is 40.9 Å². The van der Waals surface area contributed by atoms with Crippen molar-refractivity contribution in [2.45, 2.75) is 38.1 Å². The van der Waals surface area contributed by atoms with Gasteiger partial charge in [-0.05, 0) is 25.3 Å². The zero-order chi connectivity index (χ0) is 16.2. The first-order chi connectivity index (χ1) is 11.2. The van der Waals surface area contributed by atoms with Crippen molar-refractivity contribution in [3.63, 3.8) is 0 Å². The summed E-state index contributed by atoms with van der Waals surface area (Å²) in [5, 5.41) is 13.5. The van der Waals surface area contributed by atoms with Gasteiger partial charge in [0.2, 0.25) is 5.91 Å². The lowest BCUT2D eigenvalue weighted by atomic mass is 9.91. The quantitative estimate of drug-likeness (QED) is 0.870. The molecule has 2 heterocycles. The van der Waals surface area contributed by atoms with Crippen LogP contribution < -0.4 is 0 Å². The molecule has 1 aromatic heterocycles. The van der Waals surface area contributed by atoms with Crippen molar-refractivity contribution in [1.82, 2.24) is 10.1 Å². The number of likely N-dealkylation sites (tertiary alicyclic amines) is 1. The van der Waals surface area contributed by atoms with Gasteiger partial charge in [0.05, 0.1) is 30.1 Å². The maximum absolute atomic E-state index is 12.6. The van der Waals surface area contributed by atoms with E-state index >= 15 is 0 Å². The van der Waals surface area contributed by atoms with Crippen molar-refractivity contribution in [2.75, 3.05) is 6.54 Å². The van der Waals surface area contributed by atoms with Crippen LogP contribution in [-0.4, -0.2) is 28.6 Å². The highest BCUT2D eigenvalue weighted by Crippen LogP contribution is 2.31. The maximum Gasteiger partial charge on any atom is 0.229 e. The minimum Gasteiger partial charge on any atom is -0.361 e. The van der Waals surface area contributed by atoms with Gasteiger partial charge in [0.15, 0.2) is 0 Å². The van der Waals surface area contributed by atoms with Crippen LogP contribution in [0.25, 0.3) is 0 Å².